The molecule has 1 fully saturated rings. The van der Waals surface area contributed by atoms with Crippen LogP contribution in [0.25, 0.3) is 0 Å². The Labute approximate surface area is 220 Å². The Balaban J connectivity index is 1.78. The lowest BCUT2D eigenvalue weighted by Crippen LogP contribution is -2.60. The largest absolute Gasteiger partial charge is 0.493 e. The number of hydrogen-bond acceptors (Lipinski definition) is 7. The number of fused-ring (bicyclic) bond motifs is 3. The molecular weight excluding hydrogens is 468 g/mol. The topological polar surface area (TPSA) is 101 Å². The third kappa shape index (κ3) is 4.98. The normalized spacial score (nSPS) is 22.1. The highest BCUT2D eigenvalue weighted by Gasteiger charge is 2.46. The summed E-state index contributed by atoms with van der Waals surface area (Å²) < 4.78 is 11.6. The summed E-state index contributed by atoms with van der Waals surface area (Å²) in [6, 6.07) is 11.2. The van der Waals surface area contributed by atoms with Crippen LogP contribution in [0, 0.1) is 0 Å². The molecule has 2 aromatic carbocycles. The zero-order valence-electron chi connectivity index (χ0n) is 22.8. The number of carbonyl (C=O) groups is 1. The molecule has 0 aliphatic carbocycles. The SMILES string of the molecule is CCOc1cc2c(cc1OC)C(c1ccc(C(=O)N(C(C)C)[C@@H](C)CO)cc1)=N[C@@H]1CCN(C)C[C@]21N. The highest BCUT2D eigenvalue weighted by molar-refractivity contribution is 6.15. The van der Waals surface area contributed by atoms with Crippen molar-refractivity contribution in [2.75, 3.05) is 40.5 Å². The Morgan fingerprint density at radius 3 is 2.54 bits per heavy atom. The molecular formula is C29H40N4O4. The summed E-state index contributed by atoms with van der Waals surface area (Å²) >= 11 is 0. The number of benzene rings is 2. The highest BCUT2D eigenvalue weighted by Crippen LogP contribution is 2.43. The molecule has 2 aromatic rings. The molecule has 0 bridgehead atoms. The summed E-state index contributed by atoms with van der Waals surface area (Å²) in [4.78, 5) is 22.4. The van der Waals surface area contributed by atoms with Crippen molar-refractivity contribution in [2.45, 2.75) is 57.8 Å². The fraction of sp³-hybridized carbons (Fsp3) is 0.517. The molecule has 1 saturated heterocycles. The number of nitrogens with zero attached hydrogens (tertiary/aromatic N) is 3. The van der Waals surface area contributed by atoms with Crippen molar-refractivity contribution in [1.29, 1.82) is 0 Å². The number of hydrogen-bond donors (Lipinski definition) is 2. The van der Waals surface area contributed by atoms with Crippen LogP contribution in [-0.2, 0) is 5.54 Å². The summed E-state index contributed by atoms with van der Waals surface area (Å²) in [5, 5.41) is 9.64. The maximum atomic E-state index is 13.2. The summed E-state index contributed by atoms with van der Waals surface area (Å²) in [5.74, 6) is 1.21. The second kappa shape index (κ2) is 10.8. The van der Waals surface area contributed by atoms with Gasteiger partial charge in [-0.3, -0.25) is 9.79 Å². The van der Waals surface area contributed by atoms with Gasteiger partial charge in [0.15, 0.2) is 11.5 Å². The van der Waals surface area contributed by atoms with E-state index in [4.69, 9.17) is 20.2 Å². The number of rotatable bonds is 8. The van der Waals surface area contributed by atoms with E-state index in [-0.39, 0.29) is 30.6 Å². The number of amides is 1. The number of aliphatic imine (C=N–C) groups is 1. The van der Waals surface area contributed by atoms with E-state index in [1.807, 2.05) is 64.1 Å². The van der Waals surface area contributed by atoms with E-state index in [0.717, 1.165) is 35.4 Å². The molecule has 0 unspecified atom stereocenters. The maximum absolute atomic E-state index is 13.2. The molecule has 3 atom stereocenters. The van der Waals surface area contributed by atoms with Gasteiger partial charge in [0.1, 0.15) is 0 Å². The van der Waals surface area contributed by atoms with Crippen LogP contribution in [0.2, 0.25) is 0 Å². The Morgan fingerprint density at radius 2 is 1.95 bits per heavy atom. The molecule has 4 rings (SSSR count). The van der Waals surface area contributed by atoms with Crippen LogP contribution in [0.5, 0.6) is 11.5 Å². The lowest BCUT2D eigenvalue weighted by Gasteiger charge is -2.47. The highest BCUT2D eigenvalue weighted by atomic mass is 16.5. The molecule has 3 N–H and O–H groups in total. The first-order valence-corrected chi connectivity index (χ1v) is 13.1. The van der Waals surface area contributed by atoms with Crippen LogP contribution in [-0.4, -0.2) is 85.1 Å². The predicted octanol–water partition coefficient (Wildman–Crippen LogP) is 3.03. The average molecular weight is 509 g/mol. The predicted molar refractivity (Wildman–Crippen MR) is 146 cm³/mol. The average Bonchev–Trinajstić information content (AvgIpc) is 2.88. The third-order valence-corrected chi connectivity index (χ3v) is 7.49. The Hall–Kier alpha value is -2.94. The van der Waals surface area contributed by atoms with E-state index >= 15 is 0 Å². The molecule has 37 heavy (non-hydrogen) atoms. The molecule has 8 nitrogen and oxygen atoms in total. The van der Waals surface area contributed by atoms with Crippen molar-refractivity contribution < 1.29 is 19.4 Å². The van der Waals surface area contributed by atoms with E-state index < -0.39 is 5.54 Å². The lowest BCUT2D eigenvalue weighted by atomic mass is 9.73. The standard InChI is InChI=1S/C29H40N4O4/c1-7-37-25-15-23-22(14-24(25)36-6)27(31-26-12-13-32(5)17-29(23,26)30)20-8-10-21(11-9-20)28(35)33(18(2)3)19(4)16-34/h8-11,14-15,18-19,26,34H,7,12-13,16-17,30H2,1-6H3/t19-,26+,29-/m0/s1. The number of piperidine rings is 1. The van der Waals surface area contributed by atoms with Gasteiger partial charge < -0.3 is 30.1 Å². The molecule has 2 aliphatic rings. The van der Waals surface area contributed by atoms with Gasteiger partial charge in [-0.25, -0.2) is 0 Å². The lowest BCUT2D eigenvalue weighted by molar-refractivity contribution is 0.0539. The summed E-state index contributed by atoms with van der Waals surface area (Å²) in [6.07, 6.45) is 0.852. The zero-order valence-corrected chi connectivity index (χ0v) is 22.8. The number of methoxy groups -OCH3 is 1. The first-order chi connectivity index (χ1) is 17.6. The van der Waals surface area contributed by atoms with Crippen LogP contribution >= 0.6 is 0 Å². The number of carbonyl (C=O) groups excluding carboxylic acids is 1. The van der Waals surface area contributed by atoms with E-state index in [2.05, 4.69) is 11.9 Å². The fourth-order valence-electron chi connectivity index (χ4n) is 5.65. The molecule has 0 aromatic heterocycles. The number of ether oxygens (including phenoxy) is 2. The quantitative estimate of drug-likeness (QED) is 0.569. The first-order valence-electron chi connectivity index (χ1n) is 13.1. The Bertz CT molecular complexity index is 1160. The van der Waals surface area contributed by atoms with Gasteiger partial charge in [0.2, 0.25) is 0 Å². The maximum Gasteiger partial charge on any atom is 0.254 e. The van der Waals surface area contributed by atoms with Crippen molar-refractivity contribution in [3.8, 4) is 11.5 Å². The van der Waals surface area contributed by atoms with Crippen molar-refractivity contribution in [1.82, 2.24) is 9.80 Å². The van der Waals surface area contributed by atoms with Crippen molar-refractivity contribution in [3.63, 3.8) is 0 Å². The number of likely N-dealkylation sites (tertiary alicyclic amines) is 1. The molecule has 1 amide bonds. The Morgan fingerprint density at radius 1 is 1.24 bits per heavy atom. The van der Waals surface area contributed by atoms with E-state index in [9.17, 15) is 9.90 Å². The Kier molecular flexibility index (Phi) is 7.92. The molecule has 0 saturated carbocycles. The van der Waals surface area contributed by atoms with Gasteiger partial charge >= 0.3 is 0 Å². The zero-order chi connectivity index (χ0) is 26.9. The molecule has 0 spiro atoms. The fourth-order valence-corrected chi connectivity index (χ4v) is 5.65. The van der Waals surface area contributed by atoms with Crippen LogP contribution in [0.3, 0.4) is 0 Å². The van der Waals surface area contributed by atoms with Crippen molar-refractivity contribution in [3.05, 3.63) is 58.7 Å². The van der Waals surface area contributed by atoms with Crippen molar-refractivity contribution in [2.24, 2.45) is 10.7 Å². The minimum absolute atomic E-state index is 0.0296. The smallest absolute Gasteiger partial charge is 0.254 e. The third-order valence-electron chi connectivity index (χ3n) is 7.49. The van der Waals surface area contributed by atoms with Gasteiger partial charge in [-0.2, -0.15) is 0 Å². The minimum Gasteiger partial charge on any atom is -0.493 e. The van der Waals surface area contributed by atoms with Gasteiger partial charge in [-0.1, -0.05) is 12.1 Å². The van der Waals surface area contributed by atoms with E-state index in [1.165, 1.54) is 0 Å². The van der Waals surface area contributed by atoms with Crippen LogP contribution < -0.4 is 15.2 Å². The summed E-state index contributed by atoms with van der Waals surface area (Å²) in [7, 11) is 3.72. The number of aliphatic hydroxyl groups is 1. The number of aliphatic hydroxyl groups excluding tert-OH is 1. The minimum atomic E-state index is -0.641. The molecule has 2 aliphatic heterocycles. The van der Waals surface area contributed by atoms with Gasteiger partial charge in [0.05, 0.1) is 43.7 Å². The second-order valence-corrected chi connectivity index (χ2v) is 10.5. The second-order valence-electron chi connectivity index (χ2n) is 10.5. The van der Waals surface area contributed by atoms with Gasteiger partial charge in [0.25, 0.3) is 5.91 Å². The molecule has 200 valence electrons. The van der Waals surface area contributed by atoms with Gasteiger partial charge in [-0.05, 0) is 71.0 Å². The number of likely N-dealkylation sites (N-methyl/N-ethyl adjacent to an activating group) is 1. The van der Waals surface area contributed by atoms with Crippen LogP contribution in [0.1, 0.15) is 61.2 Å². The van der Waals surface area contributed by atoms with Crippen LogP contribution in [0.15, 0.2) is 41.4 Å². The van der Waals surface area contributed by atoms with E-state index in [1.54, 1.807) is 12.0 Å². The van der Waals surface area contributed by atoms with E-state index in [0.29, 0.717) is 30.2 Å². The van der Waals surface area contributed by atoms with Crippen molar-refractivity contribution >= 4 is 11.6 Å². The first kappa shape index (κ1) is 27.1. The molecule has 0 radical (unpaired) electrons. The monoisotopic (exact) mass is 508 g/mol. The van der Waals surface area contributed by atoms with Gasteiger partial charge in [-0.15, -0.1) is 0 Å². The summed E-state index contributed by atoms with van der Waals surface area (Å²) in [6.45, 7) is 9.77. The molecule has 2 heterocycles. The molecule has 8 heteroatoms. The number of nitrogens with two attached hydrogens (primary N) is 1. The summed E-state index contributed by atoms with van der Waals surface area (Å²) in [5.41, 5.74) is 10.7. The van der Waals surface area contributed by atoms with Gasteiger partial charge in [0, 0.05) is 35.8 Å². The van der Waals surface area contributed by atoms with Crippen LogP contribution in [0.4, 0.5) is 0 Å².